The van der Waals surface area contributed by atoms with Gasteiger partial charge in [0.25, 0.3) is 5.91 Å². The highest BCUT2D eigenvalue weighted by Crippen LogP contribution is 2.09. The highest BCUT2D eigenvalue weighted by molar-refractivity contribution is 6.30. The van der Waals surface area contributed by atoms with Crippen molar-refractivity contribution in [2.45, 2.75) is 18.9 Å². The topological polar surface area (TPSA) is 112 Å². The minimum atomic E-state index is -1.47. The van der Waals surface area contributed by atoms with Crippen molar-refractivity contribution in [3.63, 3.8) is 0 Å². The third kappa shape index (κ3) is 4.97. The zero-order chi connectivity index (χ0) is 14.4. The smallest absolute Gasteiger partial charge is 0.251 e. The van der Waals surface area contributed by atoms with Gasteiger partial charge in [0.15, 0.2) is 0 Å². The van der Waals surface area contributed by atoms with Crippen LogP contribution in [0.1, 0.15) is 23.2 Å². The molecule has 0 heterocycles. The zero-order valence-corrected chi connectivity index (χ0v) is 10.6. The SMILES string of the molecule is NC(=O)CC[C@H](NC(=O)c1ccc(Cl)cc1)C(=O)[O-]. The Hall–Kier alpha value is -2.08. The largest absolute Gasteiger partial charge is 0.548 e. The molecule has 3 N–H and O–H groups in total. The summed E-state index contributed by atoms with van der Waals surface area (Å²) < 4.78 is 0. The van der Waals surface area contributed by atoms with E-state index >= 15 is 0 Å². The Morgan fingerprint density at radius 1 is 1.26 bits per heavy atom. The Morgan fingerprint density at radius 3 is 2.32 bits per heavy atom. The quantitative estimate of drug-likeness (QED) is 0.729. The summed E-state index contributed by atoms with van der Waals surface area (Å²) in [6.45, 7) is 0. The first-order chi connectivity index (χ1) is 8.90. The summed E-state index contributed by atoms with van der Waals surface area (Å²) in [6.07, 6.45) is -0.267. The number of hydrogen-bond acceptors (Lipinski definition) is 4. The third-order valence-electron chi connectivity index (χ3n) is 2.38. The molecule has 6 nitrogen and oxygen atoms in total. The van der Waals surface area contributed by atoms with E-state index in [2.05, 4.69) is 5.32 Å². The van der Waals surface area contributed by atoms with Gasteiger partial charge in [-0.25, -0.2) is 0 Å². The van der Waals surface area contributed by atoms with Crippen molar-refractivity contribution in [2.75, 3.05) is 0 Å². The van der Waals surface area contributed by atoms with Crippen molar-refractivity contribution < 1.29 is 19.5 Å². The van der Waals surface area contributed by atoms with Crippen molar-refractivity contribution in [1.29, 1.82) is 0 Å². The van der Waals surface area contributed by atoms with Crippen molar-refractivity contribution >= 4 is 29.4 Å². The van der Waals surface area contributed by atoms with Crippen LogP contribution in [0, 0.1) is 0 Å². The van der Waals surface area contributed by atoms with E-state index in [4.69, 9.17) is 17.3 Å². The lowest BCUT2D eigenvalue weighted by Gasteiger charge is -2.19. The minimum absolute atomic E-state index is 0.114. The van der Waals surface area contributed by atoms with E-state index < -0.39 is 23.8 Å². The van der Waals surface area contributed by atoms with Gasteiger partial charge in [0, 0.05) is 17.0 Å². The lowest BCUT2D eigenvalue weighted by molar-refractivity contribution is -0.308. The van der Waals surface area contributed by atoms with E-state index in [1.54, 1.807) is 0 Å². The summed E-state index contributed by atoms with van der Waals surface area (Å²) in [6, 6.07) is 4.66. The number of carboxylic acid groups (broad SMARTS) is 1. The molecule has 1 aromatic carbocycles. The van der Waals surface area contributed by atoms with E-state index in [0.29, 0.717) is 5.02 Å². The molecule has 0 fully saturated rings. The van der Waals surface area contributed by atoms with Crippen LogP contribution in [0.4, 0.5) is 0 Å². The first-order valence-electron chi connectivity index (χ1n) is 5.45. The number of amides is 2. The Bertz CT molecular complexity index is 487. The van der Waals surface area contributed by atoms with Gasteiger partial charge in [-0.1, -0.05) is 11.6 Å². The number of carbonyl (C=O) groups is 3. The fraction of sp³-hybridized carbons (Fsp3) is 0.250. The van der Waals surface area contributed by atoms with Crippen molar-refractivity contribution in [3.05, 3.63) is 34.9 Å². The second-order valence-electron chi connectivity index (χ2n) is 3.86. The van der Waals surface area contributed by atoms with Crippen LogP contribution in [0.3, 0.4) is 0 Å². The third-order valence-corrected chi connectivity index (χ3v) is 2.63. The summed E-state index contributed by atoms with van der Waals surface area (Å²) in [4.78, 5) is 33.2. The normalized spacial score (nSPS) is 11.6. The number of benzene rings is 1. The molecule has 0 aromatic heterocycles. The Labute approximate surface area is 114 Å². The molecule has 0 aliphatic carbocycles. The molecular weight excluding hydrogens is 272 g/mol. The van der Waals surface area contributed by atoms with E-state index in [0.717, 1.165) is 0 Å². The fourth-order valence-corrected chi connectivity index (χ4v) is 1.50. The molecule has 0 spiro atoms. The average Bonchev–Trinajstić information content (AvgIpc) is 2.34. The predicted molar refractivity (Wildman–Crippen MR) is 66.1 cm³/mol. The fourth-order valence-electron chi connectivity index (χ4n) is 1.38. The monoisotopic (exact) mass is 283 g/mol. The van der Waals surface area contributed by atoms with Gasteiger partial charge >= 0.3 is 0 Å². The van der Waals surface area contributed by atoms with Crippen LogP contribution in [-0.4, -0.2) is 23.8 Å². The maximum atomic E-state index is 11.8. The molecule has 0 aliphatic rings. The maximum Gasteiger partial charge on any atom is 0.251 e. The molecular formula is C12H12ClN2O4-. The van der Waals surface area contributed by atoms with Crippen LogP contribution >= 0.6 is 11.6 Å². The van der Waals surface area contributed by atoms with E-state index in [1.807, 2.05) is 0 Å². The molecule has 7 heteroatoms. The summed E-state index contributed by atoms with van der Waals surface area (Å²) in [5.41, 5.74) is 5.18. The molecule has 0 bridgehead atoms. The molecule has 19 heavy (non-hydrogen) atoms. The Morgan fingerprint density at radius 2 is 1.84 bits per heavy atom. The predicted octanol–water partition coefficient (Wildman–Crippen LogP) is -0.546. The molecule has 102 valence electrons. The lowest BCUT2D eigenvalue weighted by Crippen LogP contribution is -2.48. The number of aliphatic carboxylic acids is 1. The number of hydrogen-bond donors (Lipinski definition) is 2. The van der Waals surface area contributed by atoms with Gasteiger partial charge in [0.2, 0.25) is 5.91 Å². The van der Waals surface area contributed by atoms with Gasteiger partial charge in [-0.05, 0) is 30.7 Å². The number of primary amides is 1. The van der Waals surface area contributed by atoms with Gasteiger partial charge in [0.1, 0.15) is 0 Å². The van der Waals surface area contributed by atoms with Crippen LogP contribution < -0.4 is 16.2 Å². The molecule has 2 amide bonds. The molecule has 0 saturated heterocycles. The number of carboxylic acids is 1. The minimum Gasteiger partial charge on any atom is -0.548 e. The van der Waals surface area contributed by atoms with E-state index in [-0.39, 0.29) is 18.4 Å². The summed E-state index contributed by atoms with van der Waals surface area (Å²) >= 11 is 5.67. The van der Waals surface area contributed by atoms with Crippen LogP contribution in [0.5, 0.6) is 0 Å². The lowest BCUT2D eigenvalue weighted by atomic mass is 10.1. The second kappa shape index (κ2) is 6.75. The van der Waals surface area contributed by atoms with E-state index in [1.165, 1.54) is 24.3 Å². The van der Waals surface area contributed by atoms with Gasteiger partial charge in [-0.2, -0.15) is 0 Å². The number of rotatable bonds is 6. The zero-order valence-electron chi connectivity index (χ0n) is 9.89. The first kappa shape index (κ1) is 15.0. The van der Waals surface area contributed by atoms with Crippen LogP contribution in [-0.2, 0) is 9.59 Å². The first-order valence-corrected chi connectivity index (χ1v) is 5.83. The van der Waals surface area contributed by atoms with Crippen LogP contribution in [0.2, 0.25) is 5.02 Å². The van der Waals surface area contributed by atoms with E-state index in [9.17, 15) is 19.5 Å². The number of halogens is 1. The van der Waals surface area contributed by atoms with Crippen LogP contribution in [0.15, 0.2) is 24.3 Å². The molecule has 0 radical (unpaired) electrons. The molecule has 1 aromatic rings. The van der Waals surface area contributed by atoms with Crippen molar-refractivity contribution in [2.24, 2.45) is 5.73 Å². The molecule has 0 unspecified atom stereocenters. The average molecular weight is 284 g/mol. The maximum absolute atomic E-state index is 11.8. The summed E-state index contributed by atoms with van der Waals surface area (Å²) in [7, 11) is 0. The molecule has 1 rings (SSSR count). The standard InChI is InChI=1S/C12H13ClN2O4/c13-8-3-1-7(2-4-8)11(17)15-9(12(18)19)5-6-10(14)16/h1-4,9H,5-6H2,(H2,14,16)(H,15,17)(H,18,19)/p-1/t9-/m0/s1. The van der Waals surface area contributed by atoms with Crippen molar-refractivity contribution in [3.8, 4) is 0 Å². The molecule has 0 saturated carbocycles. The van der Waals surface area contributed by atoms with Gasteiger partial charge in [-0.15, -0.1) is 0 Å². The highest BCUT2D eigenvalue weighted by Gasteiger charge is 2.15. The van der Waals surface area contributed by atoms with Crippen molar-refractivity contribution in [1.82, 2.24) is 5.32 Å². The van der Waals surface area contributed by atoms with Gasteiger partial charge in [0.05, 0.1) is 12.0 Å². The summed E-state index contributed by atoms with van der Waals surface area (Å²) in [5.74, 6) is -2.70. The summed E-state index contributed by atoms with van der Waals surface area (Å²) in [5, 5.41) is 13.5. The van der Waals surface area contributed by atoms with Crippen LogP contribution in [0.25, 0.3) is 0 Å². The van der Waals surface area contributed by atoms with Gasteiger partial charge in [-0.3, -0.25) is 9.59 Å². The Balaban J connectivity index is 2.68. The van der Waals surface area contributed by atoms with Gasteiger partial charge < -0.3 is 21.0 Å². The number of nitrogens with two attached hydrogens (primary N) is 1. The number of nitrogens with one attached hydrogen (secondary N) is 1. The Kier molecular flexibility index (Phi) is 5.32. The molecule has 0 aliphatic heterocycles. The second-order valence-corrected chi connectivity index (χ2v) is 4.29. The number of carbonyl (C=O) groups excluding carboxylic acids is 3. The molecule has 1 atom stereocenters. The highest BCUT2D eigenvalue weighted by atomic mass is 35.5.